The van der Waals surface area contributed by atoms with E-state index in [4.69, 9.17) is 0 Å². The number of fused-ring (bicyclic) bond motifs is 1. The quantitative estimate of drug-likeness (QED) is 0.903. The summed E-state index contributed by atoms with van der Waals surface area (Å²) in [7, 11) is 0. The van der Waals surface area contributed by atoms with E-state index in [9.17, 15) is 14.7 Å². The van der Waals surface area contributed by atoms with Crippen molar-refractivity contribution < 1.29 is 14.7 Å². The summed E-state index contributed by atoms with van der Waals surface area (Å²) in [5.74, 6) is -0.885. The molecule has 1 heterocycles. The molecule has 1 aliphatic rings. The van der Waals surface area contributed by atoms with Crippen LogP contribution in [0, 0.1) is 11.8 Å². The summed E-state index contributed by atoms with van der Waals surface area (Å²) in [6, 6.07) is 14.7. The SMILES string of the molecule is CC1CN(C(=O)CCCc2ccc3ccccc3c2)CCC1C(=O)O. The lowest BCUT2D eigenvalue weighted by atomic mass is 9.87. The highest BCUT2D eigenvalue weighted by Gasteiger charge is 2.32. The van der Waals surface area contributed by atoms with E-state index in [0.29, 0.717) is 25.9 Å². The number of hydrogen-bond acceptors (Lipinski definition) is 2. The number of rotatable bonds is 5. The van der Waals surface area contributed by atoms with E-state index in [1.807, 2.05) is 24.0 Å². The van der Waals surface area contributed by atoms with Gasteiger partial charge in [-0.15, -0.1) is 0 Å². The van der Waals surface area contributed by atoms with E-state index in [1.54, 1.807) is 0 Å². The van der Waals surface area contributed by atoms with Gasteiger partial charge >= 0.3 is 5.97 Å². The number of hydrogen-bond donors (Lipinski definition) is 1. The number of carbonyl (C=O) groups excluding carboxylic acids is 1. The van der Waals surface area contributed by atoms with Crippen LogP contribution in [0.1, 0.15) is 31.7 Å². The zero-order chi connectivity index (χ0) is 17.8. The first-order valence-electron chi connectivity index (χ1n) is 9.03. The van der Waals surface area contributed by atoms with Crippen LogP contribution >= 0.6 is 0 Å². The fraction of sp³-hybridized carbons (Fsp3) is 0.429. The van der Waals surface area contributed by atoms with Crippen molar-refractivity contribution in [2.45, 2.75) is 32.6 Å². The van der Waals surface area contributed by atoms with Crippen molar-refractivity contribution in [1.82, 2.24) is 4.90 Å². The highest BCUT2D eigenvalue weighted by molar-refractivity contribution is 5.83. The van der Waals surface area contributed by atoms with Gasteiger partial charge in [-0.3, -0.25) is 9.59 Å². The molecule has 1 fully saturated rings. The molecular formula is C21H25NO3. The van der Waals surface area contributed by atoms with Gasteiger partial charge in [-0.1, -0.05) is 49.4 Å². The zero-order valence-corrected chi connectivity index (χ0v) is 14.6. The van der Waals surface area contributed by atoms with Crippen molar-refractivity contribution in [3.63, 3.8) is 0 Å². The Bertz CT molecular complexity index is 771. The minimum atomic E-state index is -0.740. The predicted octanol–water partition coefficient (Wildman–Crippen LogP) is 3.73. The average molecular weight is 339 g/mol. The van der Waals surface area contributed by atoms with Gasteiger partial charge in [0.15, 0.2) is 0 Å². The number of aryl methyl sites for hydroxylation is 1. The summed E-state index contributed by atoms with van der Waals surface area (Å²) in [4.78, 5) is 25.4. The molecule has 132 valence electrons. The molecule has 1 saturated heterocycles. The number of piperidine rings is 1. The van der Waals surface area contributed by atoms with Crippen molar-refractivity contribution in [1.29, 1.82) is 0 Å². The fourth-order valence-corrected chi connectivity index (χ4v) is 3.74. The number of aliphatic carboxylic acids is 1. The van der Waals surface area contributed by atoms with Gasteiger partial charge in [-0.05, 0) is 41.5 Å². The second kappa shape index (κ2) is 7.68. The lowest BCUT2D eigenvalue weighted by Crippen LogP contribution is -2.44. The van der Waals surface area contributed by atoms with Gasteiger partial charge in [0, 0.05) is 19.5 Å². The van der Waals surface area contributed by atoms with Gasteiger partial charge in [0.05, 0.1) is 5.92 Å². The van der Waals surface area contributed by atoms with Crippen LogP contribution in [0.3, 0.4) is 0 Å². The molecule has 0 bridgehead atoms. The van der Waals surface area contributed by atoms with E-state index in [0.717, 1.165) is 12.8 Å². The maximum atomic E-state index is 12.4. The van der Waals surface area contributed by atoms with Crippen LogP contribution in [0.15, 0.2) is 42.5 Å². The Morgan fingerprint density at radius 3 is 2.64 bits per heavy atom. The Labute approximate surface area is 148 Å². The van der Waals surface area contributed by atoms with E-state index in [1.165, 1.54) is 16.3 Å². The maximum absolute atomic E-state index is 12.4. The summed E-state index contributed by atoms with van der Waals surface area (Å²) < 4.78 is 0. The molecule has 0 spiro atoms. The predicted molar refractivity (Wildman–Crippen MR) is 98.4 cm³/mol. The molecular weight excluding hydrogens is 314 g/mol. The first-order valence-corrected chi connectivity index (χ1v) is 9.03. The standard InChI is InChI=1S/C21H25NO3/c1-15-14-22(12-11-19(15)21(24)25)20(23)8-4-5-16-9-10-17-6-2-3-7-18(17)13-16/h2-3,6-7,9-10,13,15,19H,4-5,8,11-12,14H2,1H3,(H,24,25). The molecule has 0 aliphatic carbocycles. The number of amides is 1. The zero-order valence-electron chi connectivity index (χ0n) is 14.6. The number of nitrogens with zero attached hydrogens (tertiary/aromatic N) is 1. The smallest absolute Gasteiger partial charge is 0.306 e. The average Bonchev–Trinajstić information content (AvgIpc) is 2.61. The van der Waals surface area contributed by atoms with Crippen LogP contribution in [0.4, 0.5) is 0 Å². The lowest BCUT2D eigenvalue weighted by molar-refractivity contribution is -0.148. The Morgan fingerprint density at radius 2 is 1.92 bits per heavy atom. The first kappa shape index (κ1) is 17.5. The van der Waals surface area contributed by atoms with Crippen LogP contribution in [0.5, 0.6) is 0 Å². The molecule has 2 aromatic rings. The Hall–Kier alpha value is -2.36. The molecule has 1 aliphatic heterocycles. The lowest BCUT2D eigenvalue weighted by Gasteiger charge is -2.35. The molecule has 2 aromatic carbocycles. The van der Waals surface area contributed by atoms with Gasteiger partial charge in [-0.2, -0.15) is 0 Å². The van der Waals surface area contributed by atoms with Crippen LogP contribution in [-0.4, -0.2) is 35.0 Å². The molecule has 3 rings (SSSR count). The molecule has 1 N–H and O–H groups in total. The molecule has 4 heteroatoms. The minimum Gasteiger partial charge on any atom is -0.481 e. The van der Waals surface area contributed by atoms with Gasteiger partial charge in [-0.25, -0.2) is 0 Å². The molecule has 0 radical (unpaired) electrons. The van der Waals surface area contributed by atoms with Gasteiger partial charge in [0.2, 0.25) is 5.91 Å². The topological polar surface area (TPSA) is 57.6 Å². The van der Waals surface area contributed by atoms with Crippen molar-refractivity contribution in [2.24, 2.45) is 11.8 Å². The summed E-state index contributed by atoms with van der Waals surface area (Å²) >= 11 is 0. The minimum absolute atomic E-state index is 0.0238. The number of benzene rings is 2. The largest absolute Gasteiger partial charge is 0.481 e. The third-order valence-electron chi connectivity index (χ3n) is 5.25. The summed E-state index contributed by atoms with van der Waals surface area (Å²) in [6.07, 6.45) is 2.80. The number of carbonyl (C=O) groups is 2. The Balaban J connectivity index is 1.50. The monoisotopic (exact) mass is 339 g/mol. The molecule has 0 aromatic heterocycles. The molecule has 2 unspecified atom stereocenters. The highest BCUT2D eigenvalue weighted by atomic mass is 16.4. The molecule has 25 heavy (non-hydrogen) atoms. The first-order chi connectivity index (χ1) is 12.0. The Kier molecular flexibility index (Phi) is 5.37. The second-order valence-corrected chi connectivity index (χ2v) is 7.09. The molecule has 2 atom stereocenters. The van der Waals surface area contributed by atoms with Gasteiger partial charge in [0.25, 0.3) is 0 Å². The molecule has 1 amide bonds. The second-order valence-electron chi connectivity index (χ2n) is 7.09. The fourth-order valence-electron chi connectivity index (χ4n) is 3.74. The Morgan fingerprint density at radius 1 is 1.16 bits per heavy atom. The molecule has 4 nitrogen and oxygen atoms in total. The molecule has 0 saturated carbocycles. The van der Waals surface area contributed by atoms with E-state index in [2.05, 4.69) is 30.3 Å². The normalized spacial score (nSPS) is 20.6. The van der Waals surface area contributed by atoms with Crippen LogP contribution in [-0.2, 0) is 16.0 Å². The van der Waals surface area contributed by atoms with E-state index < -0.39 is 5.97 Å². The van der Waals surface area contributed by atoms with Crippen LogP contribution < -0.4 is 0 Å². The van der Waals surface area contributed by atoms with E-state index in [-0.39, 0.29) is 17.7 Å². The van der Waals surface area contributed by atoms with Crippen molar-refractivity contribution in [3.8, 4) is 0 Å². The third kappa shape index (κ3) is 4.19. The third-order valence-corrected chi connectivity index (χ3v) is 5.25. The van der Waals surface area contributed by atoms with Crippen LogP contribution in [0.25, 0.3) is 10.8 Å². The van der Waals surface area contributed by atoms with Crippen molar-refractivity contribution >= 4 is 22.6 Å². The van der Waals surface area contributed by atoms with Crippen molar-refractivity contribution in [2.75, 3.05) is 13.1 Å². The number of carboxylic acid groups (broad SMARTS) is 1. The summed E-state index contributed by atoms with van der Waals surface area (Å²) in [5, 5.41) is 11.6. The number of likely N-dealkylation sites (tertiary alicyclic amines) is 1. The van der Waals surface area contributed by atoms with Crippen LogP contribution in [0.2, 0.25) is 0 Å². The number of carboxylic acids is 1. The maximum Gasteiger partial charge on any atom is 0.306 e. The summed E-state index contributed by atoms with van der Waals surface area (Å²) in [6.45, 7) is 3.05. The van der Waals surface area contributed by atoms with Gasteiger partial charge < -0.3 is 10.0 Å². The highest BCUT2D eigenvalue weighted by Crippen LogP contribution is 2.24. The van der Waals surface area contributed by atoms with E-state index >= 15 is 0 Å². The summed E-state index contributed by atoms with van der Waals surface area (Å²) in [5.41, 5.74) is 1.25. The van der Waals surface area contributed by atoms with Gasteiger partial charge in [0.1, 0.15) is 0 Å². The van der Waals surface area contributed by atoms with Crippen molar-refractivity contribution in [3.05, 3.63) is 48.0 Å².